The summed E-state index contributed by atoms with van der Waals surface area (Å²) in [5.74, 6) is 0. The van der Waals surface area contributed by atoms with E-state index in [0.717, 1.165) is 43.6 Å². The lowest BCUT2D eigenvalue weighted by molar-refractivity contribution is 0.661. The zero-order valence-corrected chi connectivity index (χ0v) is 24.8. The van der Waals surface area contributed by atoms with E-state index in [1.54, 1.807) is 0 Å². The minimum absolute atomic E-state index is 0.169. The SMILES string of the molecule is CC1(C)c2ccccc2-c2cc3c4ccccc4n(-c4cc(C#N)c(-n5c6ccccc6c6ccccc65)cc4C#N)c3cc21. The second-order valence-corrected chi connectivity index (χ2v) is 12.4. The molecule has 4 heteroatoms. The van der Waals surface area contributed by atoms with Crippen LogP contribution in [0, 0.1) is 22.7 Å². The monoisotopic (exact) mass is 574 g/mol. The van der Waals surface area contributed by atoms with Crippen molar-refractivity contribution < 1.29 is 0 Å². The van der Waals surface area contributed by atoms with E-state index in [4.69, 9.17) is 0 Å². The van der Waals surface area contributed by atoms with Gasteiger partial charge in [0.05, 0.1) is 44.6 Å². The van der Waals surface area contributed by atoms with Gasteiger partial charge >= 0.3 is 0 Å². The van der Waals surface area contributed by atoms with Gasteiger partial charge in [-0.05, 0) is 64.7 Å². The molecule has 2 aromatic heterocycles. The van der Waals surface area contributed by atoms with Crippen molar-refractivity contribution in [3.8, 4) is 34.6 Å². The third kappa shape index (κ3) is 3.29. The third-order valence-corrected chi connectivity index (χ3v) is 9.79. The van der Waals surface area contributed by atoms with Gasteiger partial charge in [-0.2, -0.15) is 10.5 Å². The Morgan fingerprint density at radius 1 is 0.467 bits per heavy atom. The number of benzene rings is 6. The topological polar surface area (TPSA) is 57.4 Å². The maximum atomic E-state index is 10.7. The van der Waals surface area contributed by atoms with Crippen molar-refractivity contribution in [2.24, 2.45) is 0 Å². The number of fused-ring (bicyclic) bond motifs is 9. The summed E-state index contributed by atoms with van der Waals surface area (Å²) >= 11 is 0. The third-order valence-electron chi connectivity index (χ3n) is 9.79. The van der Waals surface area contributed by atoms with Crippen molar-refractivity contribution in [1.29, 1.82) is 10.5 Å². The molecule has 1 aliphatic rings. The zero-order valence-electron chi connectivity index (χ0n) is 24.8. The highest BCUT2D eigenvalue weighted by atomic mass is 15.0. The Morgan fingerprint density at radius 2 is 0.933 bits per heavy atom. The van der Waals surface area contributed by atoms with Gasteiger partial charge in [0, 0.05) is 27.0 Å². The van der Waals surface area contributed by atoms with Crippen LogP contribution in [0.5, 0.6) is 0 Å². The molecule has 0 fully saturated rings. The molecule has 8 aromatic rings. The van der Waals surface area contributed by atoms with Crippen LogP contribution in [-0.2, 0) is 5.41 Å². The predicted octanol–water partition coefficient (Wildman–Crippen LogP) is 9.93. The molecule has 45 heavy (non-hydrogen) atoms. The highest BCUT2D eigenvalue weighted by Gasteiger charge is 2.36. The van der Waals surface area contributed by atoms with Crippen molar-refractivity contribution in [1.82, 2.24) is 9.13 Å². The molecule has 0 unspecified atom stereocenters. The molecule has 0 saturated carbocycles. The molecule has 1 aliphatic carbocycles. The fraction of sp³-hybridized carbons (Fsp3) is 0.0732. The Labute approximate surface area is 260 Å². The molecule has 2 heterocycles. The quantitative estimate of drug-likeness (QED) is 0.206. The molecule has 0 atom stereocenters. The van der Waals surface area contributed by atoms with Crippen LogP contribution in [0.3, 0.4) is 0 Å². The lowest BCUT2D eigenvalue weighted by Gasteiger charge is -2.22. The number of para-hydroxylation sites is 3. The van der Waals surface area contributed by atoms with Gasteiger partial charge in [-0.15, -0.1) is 0 Å². The van der Waals surface area contributed by atoms with Crippen LogP contribution in [0.4, 0.5) is 0 Å². The van der Waals surface area contributed by atoms with Crippen LogP contribution < -0.4 is 0 Å². The molecular formula is C41H26N4. The van der Waals surface area contributed by atoms with Crippen molar-refractivity contribution in [2.75, 3.05) is 0 Å². The van der Waals surface area contributed by atoms with E-state index in [2.05, 4.69) is 114 Å². The minimum atomic E-state index is -0.169. The van der Waals surface area contributed by atoms with Crippen molar-refractivity contribution >= 4 is 43.6 Å². The molecular weight excluding hydrogens is 548 g/mol. The number of hydrogen-bond donors (Lipinski definition) is 0. The lowest BCUT2D eigenvalue weighted by Crippen LogP contribution is -2.15. The summed E-state index contributed by atoms with van der Waals surface area (Å²) in [6.07, 6.45) is 0. The summed E-state index contributed by atoms with van der Waals surface area (Å²) in [5.41, 5.74) is 11.4. The number of nitrogens with zero attached hydrogens (tertiary/aromatic N) is 4. The molecule has 0 N–H and O–H groups in total. The van der Waals surface area contributed by atoms with Crippen molar-refractivity contribution in [3.05, 3.63) is 144 Å². The molecule has 0 radical (unpaired) electrons. The van der Waals surface area contributed by atoms with Gasteiger partial charge < -0.3 is 9.13 Å². The lowest BCUT2D eigenvalue weighted by atomic mass is 9.82. The van der Waals surface area contributed by atoms with E-state index in [0.29, 0.717) is 22.5 Å². The summed E-state index contributed by atoms with van der Waals surface area (Å²) in [4.78, 5) is 0. The average Bonchev–Trinajstić information content (AvgIpc) is 3.67. The highest BCUT2D eigenvalue weighted by Crippen LogP contribution is 2.51. The largest absolute Gasteiger partial charge is 0.308 e. The first-order chi connectivity index (χ1) is 22.0. The van der Waals surface area contributed by atoms with Crippen LogP contribution in [0.1, 0.15) is 36.1 Å². The molecule has 0 bridgehead atoms. The molecule has 4 nitrogen and oxygen atoms in total. The van der Waals surface area contributed by atoms with E-state index in [9.17, 15) is 10.5 Å². The normalized spacial score (nSPS) is 13.2. The van der Waals surface area contributed by atoms with Gasteiger partial charge in [-0.3, -0.25) is 0 Å². The maximum absolute atomic E-state index is 10.7. The smallest absolute Gasteiger partial charge is 0.101 e. The standard InChI is InChI=1S/C41H26N4/c1-41(2)33-15-7-3-11-27(33)31-21-32-30-14-6-10-18-37(30)45(40(32)22-34(31)41)39-20-25(23-42)38(19-26(39)24-43)44-35-16-8-4-12-28(35)29-13-5-9-17-36(29)44/h3-22H,1-2H3. The fourth-order valence-electron chi connectivity index (χ4n) is 7.73. The van der Waals surface area contributed by atoms with Crippen LogP contribution in [-0.4, -0.2) is 9.13 Å². The number of aromatic nitrogens is 2. The van der Waals surface area contributed by atoms with Gasteiger partial charge in [-0.25, -0.2) is 0 Å². The molecule has 210 valence electrons. The molecule has 6 aromatic carbocycles. The Bertz CT molecular complexity index is 2600. The first-order valence-corrected chi connectivity index (χ1v) is 15.2. The van der Waals surface area contributed by atoms with Crippen molar-refractivity contribution in [2.45, 2.75) is 19.3 Å². The Kier molecular flexibility index (Phi) is 5.06. The second kappa shape index (κ2) is 8.96. The van der Waals surface area contributed by atoms with Crippen LogP contribution in [0.15, 0.2) is 121 Å². The van der Waals surface area contributed by atoms with Crippen molar-refractivity contribution in [3.63, 3.8) is 0 Å². The molecule has 0 saturated heterocycles. The Balaban J connectivity index is 1.37. The minimum Gasteiger partial charge on any atom is -0.308 e. The number of nitriles is 2. The second-order valence-electron chi connectivity index (χ2n) is 12.4. The van der Waals surface area contributed by atoms with E-state index < -0.39 is 0 Å². The summed E-state index contributed by atoms with van der Waals surface area (Å²) in [6, 6.07) is 46.9. The predicted molar refractivity (Wildman–Crippen MR) is 182 cm³/mol. The van der Waals surface area contributed by atoms with Gasteiger partial charge in [0.1, 0.15) is 12.1 Å². The summed E-state index contributed by atoms with van der Waals surface area (Å²) < 4.78 is 4.30. The van der Waals surface area contributed by atoms with Crippen LogP contribution >= 0.6 is 0 Å². The number of hydrogen-bond acceptors (Lipinski definition) is 2. The van der Waals surface area contributed by atoms with E-state index in [1.165, 1.54) is 22.3 Å². The van der Waals surface area contributed by atoms with Gasteiger partial charge in [0.15, 0.2) is 0 Å². The summed E-state index contributed by atoms with van der Waals surface area (Å²) in [7, 11) is 0. The molecule has 0 amide bonds. The molecule has 0 spiro atoms. The van der Waals surface area contributed by atoms with Crippen LogP contribution in [0.2, 0.25) is 0 Å². The van der Waals surface area contributed by atoms with Gasteiger partial charge in [0.2, 0.25) is 0 Å². The fourth-order valence-corrected chi connectivity index (χ4v) is 7.73. The van der Waals surface area contributed by atoms with E-state index >= 15 is 0 Å². The molecule has 9 rings (SSSR count). The van der Waals surface area contributed by atoms with E-state index in [1.807, 2.05) is 42.5 Å². The van der Waals surface area contributed by atoms with Crippen LogP contribution in [0.25, 0.3) is 66.1 Å². The summed E-state index contributed by atoms with van der Waals surface area (Å²) in [6.45, 7) is 4.57. The first kappa shape index (κ1) is 25.4. The first-order valence-electron chi connectivity index (χ1n) is 15.2. The Morgan fingerprint density at radius 3 is 1.49 bits per heavy atom. The average molecular weight is 575 g/mol. The maximum Gasteiger partial charge on any atom is 0.101 e. The number of rotatable bonds is 2. The molecule has 0 aliphatic heterocycles. The van der Waals surface area contributed by atoms with Gasteiger partial charge in [-0.1, -0.05) is 92.7 Å². The highest BCUT2D eigenvalue weighted by molar-refractivity contribution is 6.12. The summed E-state index contributed by atoms with van der Waals surface area (Å²) in [5, 5.41) is 25.8. The Hall–Kier alpha value is -6.10. The van der Waals surface area contributed by atoms with E-state index in [-0.39, 0.29) is 5.41 Å². The zero-order chi connectivity index (χ0) is 30.4. The van der Waals surface area contributed by atoms with Gasteiger partial charge in [0.25, 0.3) is 0 Å².